The van der Waals surface area contributed by atoms with Crippen LogP contribution < -0.4 is 10.6 Å². The molecule has 28 heavy (non-hydrogen) atoms. The first-order chi connectivity index (χ1) is 13.3. The molecule has 1 saturated carbocycles. The molecule has 2 N–H and O–H groups in total. The Balaban J connectivity index is 1.52. The summed E-state index contributed by atoms with van der Waals surface area (Å²) in [4.78, 5) is 26.0. The summed E-state index contributed by atoms with van der Waals surface area (Å²) in [6, 6.07) is 11.2. The topological polar surface area (TPSA) is 74.6 Å². The molecule has 1 heterocycles. The maximum atomic E-state index is 12.7. The first kappa shape index (κ1) is 20.0. The summed E-state index contributed by atoms with van der Waals surface area (Å²) in [7, 11) is 1.77. The van der Waals surface area contributed by atoms with Gasteiger partial charge in [0.25, 0.3) is 5.91 Å². The van der Waals surface area contributed by atoms with Gasteiger partial charge in [-0.05, 0) is 56.0 Å². The standard InChI is InChI=1S/C22H29N3O3/c1-14(2)24-22(27)23-12-16-5-7-17(8-6-16)21(26)25(4)13-18-9-10-20(28-18)19-11-15(19)3/h5-10,14-15,19H,11-13H2,1-4H3,(H2,23,24,27). The van der Waals surface area contributed by atoms with Crippen molar-refractivity contribution in [2.24, 2.45) is 5.92 Å². The summed E-state index contributed by atoms with van der Waals surface area (Å²) in [5.41, 5.74) is 1.55. The van der Waals surface area contributed by atoms with E-state index in [1.54, 1.807) is 24.1 Å². The highest BCUT2D eigenvalue weighted by molar-refractivity contribution is 5.94. The van der Waals surface area contributed by atoms with E-state index in [-0.39, 0.29) is 18.0 Å². The summed E-state index contributed by atoms with van der Waals surface area (Å²) in [6.45, 7) is 6.90. The lowest BCUT2D eigenvalue weighted by Gasteiger charge is -2.16. The van der Waals surface area contributed by atoms with Crippen molar-refractivity contribution in [1.29, 1.82) is 0 Å². The average Bonchev–Trinajstić information content (AvgIpc) is 3.20. The van der Waals surface area contributed by atoms with Gasteiger partial charge in [-0.15, -0.1) is 0 Å². The van der Waals surface area contributed by atoms with Crippen molar-refractivity contribution in [1.82, 2.24) is 15.5 Å². The molecule has 1 aromatic heterocycles. The van der Waals surface area contributed by atoms with Crippen molar-refractivity contribution in [3.8, 4) is 0 Å². The van der Waals surface area contributed by atoms with Gasteiger partial charge in [-0.1, -0.05) is 19.1 Å². The van der Waals surface area contributed by atoms with Gasteiger partial charge in [-0.25, -0.2) is 4.79 Å². The number of hydrogen-bond acceptors (Lipinski definition) is 3. The van der Waals surface area contributed by atoms with E-state index in [0.29, 0.717) is 30.5 Å². The molecule has 0 aliphatic heterocycles. The van der Waals surface area contributed by atoms with E-state index >= 15 is 0 Å². The molecule has 6 nitrogen and oxygen atoms in total. The van der Waals surface area contributed by atoms with Crippen LogP contribution in [0.25, 0.3) is 0 Å². The molecule has 0 saturated heterocycles. The largest absolute Gasteiger partial charge is 0.464 e. The highest BCUT2D eigenvalue weighted by atomic mass is 16.3. The fourth-order valence-corrected chi connectivity index (χ4v) is 3.18. The van der Waals surface area contributed by atoms with Crippen LogP contribution in [-0.4, -0.2) is 29.9 Å². The van der Waals surface area contributed by atoms with E-state index in [2.05, 4.69) is 17.6 Å². The second kappa shape index (κ2) is 8.50. The van der Waals surface area contributed by atoms with Gasteiger partial charge < -0.3 is 20.0 Å². The van der Waals surface area contributed by atoms with Crippen molar-refractivity contribution >= 4 is 11.9 Å². The molecule has 0 spiro atoms. The molecule has 0 radical (unpaired) electrons. The van der Waals surface area contributed by atoms with Gasteiger partial charge in [0.1, 0.15) is 11.5 Å². The molecule has 2 unspecified atom stereocenters. The fourth-order valence-electron chi connectivity index (χ4n) is 3.18. The van der Waals surface area contributed by atoms with Gasteiger partial charge in [0.2, 0.25) is 0 Å². The van der Waals surface area contributed by atoms with Gasteiger partial charge >= 0.3 is 6.03 Å². The Kier molecular flexibility index (Phi) is 6.07. The molecule has 2 aromatic rings. The minimum absolute atomic E-state index is 0.0604. The SMILES string of the molecule is CC(C)NC(=O)NCc1ccc(C(=O)N(C)Cc2ccc(C3CC3C)o2)cc1. The molecule has 0 bridgehead atoms. The van der Waals surface area contributed by atoms with Gasteiger partial charge in [0.15, 0.2) is 0 Å². The number of carbonyl (C=O) groups is 2. The number of hydrogen-bond donors (Lipinski definition) is 2. The van der Waals surface area contributed by atoms with Gasteiger partial charge in [0, 0.05) is 31.1 Å². The Bertz CT molecular complexity index is 826. The van der Waals surface area contributed by atoms with Crippen molar-refractivity contribution in [2.75, 3.05) is 7.05 Å². The smallest absolute Gasteiger partial charge is 0.315 e. The molecule has 150 valence electrons. The number of amides is 3. The molecular weight excluding hydrogens is 354 g/mol. The second-order valence-corrected chi connectivity index (χ2v) is 7.96. The fraction of sp³-hybridized carbons (Fsp3) is 0.455. The molecule has 6 heteroatoms. The van der Waals surface area contributed by atoms with Crippen LogP contribution >= 0.6 is 0 Å². The van der Waals surface area contributed by atoms with Crippen LogP contribution in [0.3, 0.4) is 0 Å². The highest BCUT2D eigenvalue weighted by Crippen LogP contribution is 2.47. The molecule has 1 aromatic carbocycles. The molecule has 1 aliphatic carbocycles. The summed E-state index contributed by atoms with van der Waals surface area (Å²) in [5.74, 6) is 3.01. The molecule has 3 rings (SSSR count). The maximum absolute atomic E-state index is 12.7. The number of furan rings is 1. The zero-order valence-electron chi connectivity index (χ0n) is 17.0. The minimum atomic E-state index is -0.201. The lowest BCUT2D eigenvalue weighted by molar-refractivity contribution is 0.0774. The Morgan fingerprint density at radius 3 is 2.46 bits per heavy atom. The van der Waals surface area contributed by atoms with Crippen LogP contribution in [0, 0.1) is 5.92 Å². The first-order valence-corrected chi connectivity index (χ1v) is 9.81. The van der Waals surface area contributed by atoms with E-state index in [1.165, 1.54) is 6.42 Å². The Labute approximate surface area is 166 Å². The number of benzene rings is 1. The summed E-state index contributed by atoms with van der Waals surface area (Å²) in [5, 5.41) is 5.57. The van der Waals surface area contributed by atoms with Crippen LogP contribution in [0.1, 0.15) is 60.6 Å². The molecule has 2 atom stereocenters. The van der Waals surface area contributed by atoms with Crippen LogP contribution in [0.4, 0.5) is 4.79 Å². The molecule has 3 amide bonds. The second-order valence-electron chi connectivity index (χ2n) is 7.96. The lowest BCUT2D eigenvalue weighted by Crippen LogP contribution is -2.39. The Hall–Kier alpha value is -2.76. The molecule has 1 fully saturated rings. The minimum Gasteiger partial charge on any atom is -0.464 e. The lowest BCUT2D eigenvalue weighted by atomic mass is 10.1. The van der Waals surface area contributed by atoms with Crippen LogP contribution in [-0.2, 0) is 13.1 Å². The number of urea groups is 1. The van der Waals surface area contributed by atoms with Gasteiger partial charge in [-0.2, -0.15) is 0 Å². The third kappa shape index (κ3) is 5.15. The van der Waals surface area contributed by atoms with Crippen molar-refractivity contribution < 1.29 is 14.0 Å². The average molecular weight is 383 g/mol. The Morgan fingerprint density at radius 2 is 1.86 bits per heavy atom. The number of nitrogens with zero attached hydrogens (tertiary/aromatic N) is 1. The quantitative estimate of drug-likeness (QED) is 0.762. The summed E-state index contributed by atoms with van der Waals surface area (Å²) in [6.07, 6.45) is 1.18. The van der Waals surface area contributed by atoms with E-state index in [4.69, 9.17) is 4.42 Å². The van der Waals surface area contributed by atoms with Crippen LogP contribution in [0.2, 0.25) is 0 Å². The van der Waals surface area contributed by atoms with E-state index < -0.39 is 0 Å². The van der Waals surface area contributed by atoms with Crippen molar-refractivity contribution in [3.63, 3.8) is 0 Å². The Morgan fingerprint density at radius 1 is 1.18 bits per heavy atom. The normalized spacial score (nSPS) is 18.0. The third-order valence-electron chi connectivity index (χ3n) is 4.97. The zero-order chi connectivity index (χ0) is 20.3. The van der Waals surface area contributed by atoms with E-state index in [1.807, 2.05) is 38.1 Å². The zero-order valence-corrected chi connectivity index (χ0v) is 17.0. The maximum Gasteiger partial charge on any atom is 0.315 e. The third-order valence-corrected chi connectivity index (χ3v) is 4.97. The van der Waals surface area contributed by atoms with E-state index in [9.17, 15) is 9.59 Å². The molecule has 1 aliphatic rings. The van der Waals surface area contributed by atoms with Crippen LogP contribution in [0.15, 0.2) is 40.8 Å². The van der Waals surface area contributed by atoms with Crippen molar-refractivity contribution in [3.05, 3.63) is 59.0 Å². The summed E-state index contributed by atoms with van der Waals surface area (Å²) < 4.78 is 5.90. The summed E-state index contributed by atoms with van der Waals surface area (Å²) >= 11 is 0. The van der Waals surface area contributed by atoms with Gasteiger partial charge in [0.05, 0.1) is 6.54 Å². The first-order valence-electron chi connectivity index (χ1n) is 9.81. The monoisotopic (exact) mass is 383 g/mol. The predicted octanol–water partition coefficient (Wildman–Crippen LogP) is 3.88. The van der Waals surface area contributed by atoms with Crippen molar-refractivity contribution in [2.45, 2.75) is 52.2 Å². The van der Waals surface area contributed by atoms with Crippen LogP contribution in [0.5, 0.6) is 0 Å². The van der Waals surface area contributed by atoms with Gasteiger partial charge in [-0.3, -0.25) is 4.79 Å². The molecular formula is C22H29N3O3. The predicted molar refractivity (Wildman–Crippen MR) is 108 cm³/mol. The number of carbonyl (C=O) groups excluding carboxylic acids is 2. The van der Waals surface area contributed by atoms with E-state index in [0.717, 1.165) is 17.1 Å². The number of nitrogens with one attached hydrogen (secondary N) is 2. The highest BCUT2D eigenvalue weighted by Gasteiger charge is 2.36. The number of rotatable bonds is 7.